The third kappa shape index (κ3) is 3.94. The lowest BCUT2D eigenvalue weighted by Gasteiger charge is -2.39. The molecule has 0 unspecified atom stereocenters. The van der Waals surface area contributed by atoms with Crippen molar-refractivity contribution in [3.8, 4) is 6.07 Å². The van der Waals surface area contributed by atoms with Gasteiger partial charge < -0.3 is 0 Å². The Kier molecular flexibility index (Phi) is 5.45. The molecule has 3 fully saturated rings. The molecule has 4 rings (SSSR count). The molecule has 0 amide bonds. The van der Waals surface area contributed by atoms with Gasteiger partial charge in [0.1, 0.15) is 0 Å². The SMILES string of the molecule is N#Cc1ccc(C2CCC(C3CCC(C4CCCC4)CC3)CC2)cc1. The van der Waals surface area contributed by atoms with E-state index in [0.29, 0.717) is 0 Å². The van der Waals surface area contributed by atoms with Crippen LogP contribution in [0.5, 0.6) is 0 Å². The van der Waals surface area contributed by atoms with Gasteiger partial charge in [0.05, 0.1) is 11.6 Å². The zero-order valence-electron chi connectivity index (χ0n) is 15.6. The summed E-state index contributed by atoms with van der Waals surface area (Å²) in [7, 11) is 0. The summed E-state index contributed by atoms with van der Waals surface area (Å²) in [6.07, 6.45) is 17.8. The van der Waals surface area contributed by atoms with E-state index in [1.54, 1.807) is 0 Å². The van der Waals surface area contributed by atoms with Gasteiger partial charge >= 0.3 is 0 Å². The van der Waals surface area contributed by atoms with Gasteiger partial charge in [0.25, 0.3) is 0 Å². The molecule has 0 spiro atoms. The van der Waals surface area contributed by atoms with Crippen LogP contribution < -0.4 is 0 Å². The molecule has 3 aliphatic rings. The van der Waals surface area contributed by atoms with Crippen LogP contribution in [0.3, 0.4) is 0 Å². The van der Waals surface area contributed by atoms with Gasteiger partial charge in [0, 0.05) is 0 Å². The van der Waals surface area contributed by atoms with Gasteiger partial charge in [-0.2, -0.15) is 5.26 Å². The molecule has 3 aliphatic carbocycles. The van der Waals surface area contributed by atoms with Gasteiger partial charge in [0.2, 0.25) is 0 Å². The first-order chi connectivity index (χ1) is 12.3. The molecule has 0 saturated heterocycles. The molecule has 0 radical (unpaired) electrons. The molecule has 1 nitrogen and oxygen atoms in total. The Labute approximate surface area is 153 Å². The highest BCUT2D eigenvalue weighted by atomic mass is 14.4. The van der Waals surface area contributed by atoms with E-state index in [4.69, 9.17) is 5.26 Å². The smallest absolute Gasteiger partial charge is 0.0991 e. The third-order valence-corrected chi connectivity index (χ3v) is 7.83. The zero-order valence-corrected chi connectivity index (χ0v) is 15.6. The van der Waals surface area contributed by atoms with Crippen LogP contribution in [-0.2, 0) is 0 Å². The molecule has 3 saturated carbocycles. The maximum atomic E-state index is 8.96. The van der Waals surface area contributed by atoms with E-state index in [2.05, 4.69) is 18.2 Å². The lowest BCUT2D eigenvalue weighted by molar-refractivity contribution is 0.135. The van der Waals surface area contributed by atoms with E-state index < -0.39 is 0 Å². The Balaban J connectivity index is 1.25. The largest absolute Gasteiger partial charge is 0.192 e. The van der Waals surface area contributed by atoms with E-state index in [1.165, 1.54) is 82.6 Å². The highest BCUT2D eigenvalue weighted by molar-refractivity contribution is 5.33. The van der Waals surface area contributed by atoms with Crippen molar-refractivity contribution in [1.29, 1.82) is 5.26 Å². The molecule has 0 bridgehead atoms. The summed E-state index contributed by atoms with van der Waals surface area (Å²) in [5.41, 5.74) is 2.25. The van der Waals surface area contributed by atoms with E-state index in [0.717, 1.165) is 35.2 Å². The molecule has 1 heteroatoms. The van der Waals surface area contributed by atoms with Crippen LogP contribution in [-0.4, -0.2) is 0 Å². The fourth-order valence-electron chi connectivity index (χ4n) is 6.27. The van der Waals surface area contributed by atoms with Gasteiger partial charge in [0.15, 0.2) is 0 Å². The summed E-state index contributed by atoms with van der Waals surface area (Å²) < 4.78 is 0. The quantitative estimate of drug-likeness (QED) is 0.594. The first-order valence-electron chi connectivity index (χ1n) is 10.8. The first-order valence-corrected chi connectivity index (χ1v) is 10.8. The lowest BCUT2D eigenvalue weighted by atomic mass is 9.66. The van der Waals surface area contributed by atoms with Crippen molar-refractivity contribution < 1.29 is 0 Å². The van der Waals surface area contributed by atoms with Crippen LogP contribution in [0.2, 0.25) is 0 Å². The predicted molar refractivity (Wildman–Crippen MR) is 103 cm³/mol. The normalized spacial score (nSPS) is 33.9. The second-order valence-electron chi connectivity index (χ2n) is 9.06. The second kappa shape index (κ2) is 7.94. The second-order valence-corrected chi connectivity index (χ2v) is 9.06. The summed E-state index contributed by atoms with van der Waals surface area (Å²) in [4.78, 5) is 0. The average molecular weight is 336 g/mol. The molecule has 0 aromatic heterocycles. The molecule has 0 heterocycles. The van der Waals surface area contributed by atoms with Crippen LogP contribution in [0.25, 0.3) is 0 Å². The van der Waals surface area contributed by atoms with Gasteiger partial charge in [-0.1, -0.05) is 37.8 Å². The van der Waals surface area contributed by atoms with Crippen molar-refractivity contribution in [3.63, 3.8) is 0 Å². The summed E-state index contributed by atoms with van der Waals surface area (Å²) in [5, 5.41) is 8.96. The highest BCUT2D eigenvalue weighted by Gasteiger charge is 2.34. The molecular weight excluding hydrogens is 302 g/mol. The van der Waals surface area contributed by atoms with Gasteiger partial charge in [-0.25, -0.2) is 0 Å². The fourth-order valence-corrected chi connectivity index (χ4v) is 6.27. The highest BCUT2D eigenvalue weighted by Crippen LogP contribution is 2.46. The van der Waals surface area contributed by atoms with Crippen molar-refractivity contribution >= 4 is 0 Å². The number of hydrogen-bond acceptors (Lipinski definition) is 1. The fraction of sp³-hybridized carbons (Fsp3) is 0.708. The number of nitrogens with zero attached hydrogens (tertiary/aromatic N) is 1. The number of rotatable bonds is 3. The zero-order chi connectivity index (χ0) is 17.1. The Bertz CT molecular complexity index is 574. The summed E-state index contributed by atoms with van der Waals surface area (Å²) in [6.45, 7) is 0. The minimum atomic E-state index is 0.735. The molecule has 1 aromatic rings. The van der Waals surface area contributed by atoms with E-state index >= 15 is 0 Å². The molecule has 1 aromatic carbocycles. The summed E-state index contributed by atoms with van der Waals surface area (Å²) in [5.74, 6) is 4.93. The third-order valence-electron chi connectivity index (χ3n) is 7.83. The van der Waals surface area contributed by atoms with Gasteiger partial charge in [-0.3, -0.25) is 0 Å². The van der Waals surface area contributed by atoms with Crippen LogP contribution in [0.1, 0.15) is 94.1 Å². The van der Waals surface area contributed by atoms with E-state index in [-0.39, 0.29) is 0 Å². The minimum Gasteiger partial charge on any atom is -0.192 e. The Morgan fingerprint density at radius 1 is 0.600 bits per heavy atom. The Hall–Kier alpha value is -1.29. The Morgan fingerprint density at radius 3 is 1.52 bits per heavy atom. The topological polar surface area (TPSA) is 23.8 Å². The standard InChI is InChI=1S/C24H33N/c25-17-18-5-7-20(8-6-18)22-13-15-24(16-14-22)23-11-9-21(10-12-23)19-3-1-2-4-19/h5-8,19,21-24H,1-4,9-16H2. The summed E-state index contributed by atoms with van der Waals surface area (Å²) in [6, 6.07) is 10.6. The molecular formula is C24H33N. The number of hydrogen-bond donors (Lipinski definition) is 0. The van der Waals surface area contributed by atoms with E-state index in [1.807, 2.05) is 12.1 Å². The minimum absolute atomic E-state index is 0.735. The molecule has 0 aliphatic heterocycles. The van der Waals surface area contributed by atoms with E-state index in [9.17, 15) is 0 Å². The molecule has 0 N–H and O–H groups in total. The van der Waals surface area contributed by atoms with Crippen molar-refractivity contribution in [2.24, 2.45) is 23.7 Å². The average Bonchev–Trinajstić information content (AvgIpc) is 3.23. The number of benzene rings is 1. The maximum absolute atomic E-state index is 8.96. The summed E-state index contributed by atoms with van der Waals surface area (Å²) >= 11 is 0. The first kappa shape index (κ1) is 17.1. The van der Waals surface area contributed by atoms with Crippen LogP contribution in [0.15, 0.2) is 24.3 Å². The lowest BCUT2D eigenvalue weighted by Crippen LogP contribution is -2.27. The molecule has 25 heavy (non-hydrogen) atoms. The van der Waals surface area contributed by atoms with Crippen molar-refractivity contribution in [3.05, 3.63) is 35.4 Å². The number of nitriles is 1. The Morgan fingerprint density at radius 2 is 1.04 bits per heavy atom. The maximum Gasteiger partial charge on any atom is 0.0991 e. The van der Waals surface area contributed by atoms with Crippen LogP contribution in [0.4, 0.5) is 0 Å². The monoisotopic (exact) mass is 335 g/mol. The van der Waals surface area contributed by atoms with Crippen molar-refractivity contribution in [1.82, 2.24) is 0 Å². The van der Waals surface area contributed by atoms with Gasteiger partial charge in [-0.15, -0.1) is 0 Å². The van der Waals surface area contributed by atoms with Crippen LogP contribution in [0, 0.1) is 35.0 Å². The van der Waals surface area contributed by atoms with Gasteiger partial charge in [-0.05, 0) is 98.7 Å². The predicted octanol–water partition coefficient (Wildman–Crippen LogP) is 6.83. The molecule has 0 atom stereocenters. The molecule has 134 valence electrons. The van der Waals surface area contributed by atoms with Crippen molar-refractivity contribution in [2.75, 3.05) is 0 Å². The van der Waals surface area contributed by atoms with Crippen molar-refractivity contribution in [2.45, 2.75) is 83.0 Å². The van der Waals surface area contributed by atoms with Crippen LogP contribution >= 0.6 is 0 Å².